The molecule has 32 heavy (non-hydrogen) atoms. The molecular formula is C23H44IN5O3. The van der Waals surface area contributed by atoms with Crippen molar-refractivity contribution < 1.29 is 14.3 Å². The molecule has 0 aliphatic carbocycles. The second-order valence-electron chi connectivity index (χ2n) is 10.5. The first-order chi connectivity index (χ1) is 14.6. The van der Waals surface area contributed by atoms with Crippen molar-refractivity contribution in [3.63, 3.8) is 0 Å². The summed E-state index contributed by atoms with van der Waals surface area (Å²) < 4.78 is 11.3. The van der Waals surface area contributed by atoms with Gasteiger partial charge < -0.3 is 29.9 Å². The maximum Gasteiger partial charge on any atom is 0.410 e. The fraction of sp³-hybridized carbons (Fsp3) is 0.913. The SMILES string of the molecule is CCNC(=NCC1(N(C)C)CCOCC1)NC1CC2CCC(C1)N2C(=O)OC(C)(C)C.I. The summed E-state index contributed by atoms with van der Waals surface area (Å²) in [5.74, 6) is 0.880. The van der Waals surface area contributed by atoms with Crippen LogP contribution in [0.1, 0.15) is 66.2 Å². The van der Waals surface area contributed by atoms with E-state index in [0.29, 0.717) is 6.04 Å². The van der Waals surface area contributed by atoms with Crippen molar-refractivity contribution in [2.24, 2.45) is 4.99 Å². The Labute approximate surface area is 211 Å². The first kappa shape index (κ1) is 27.4. The number of carbonyl (C=O) groups is 1. The smallest absolute Gasteiger partial charge is 0.410 e. The summed E-state index contributed by atoms with van der Waals surface area (Å²) in [6.45, 7) is 11.1. The largest absolute Gasteiger partial charge is 0.444 e. The van der Waals surface area contributed by atoms with E-state index in [1.54, 1.807) is 0 Å². The van der Waals surface area contributed by atoms with E-state index in [1.165, 1.54) is 0 Å². The highest BCUT2D eigenvalue weighted by molar-refractivity contribution is 14.0. The normalized spacial score (nSPS) is 27.7. The van der Waals surface area contributed by atoms with E-state index in [-0.39, 0.29) is 47.7 Å². The number of guanidine groups is 1. The van der Waals surface area contributed by atoms with Crippen LogP contribution in [-0.4, -0.2) is 91.5 Å². The molecule has 9 heteroatoms. The van der Waals surface area contributed by atoms with Gasteiger partial charge in [-0.1, -0.05) is 0 Å². The van der Waals surface area contributed by atoms with Crippen LogP contribution in [0, 0.1) is 0 Å². The van der Waals surface area contributed by atoms with Gasteiger partial charge in [0, 0.05) is 43.4 Å². The Bertz CT molecular complexity index is 632. The molecule has 3 rings (SSSR count). The molecule has 2 unspecified atom stereocenters. The van der Waals surface area contributed by atoms with Gasteiger partial charge in [-0.3, -0.25) is 4.99 Å². The minimum atomic E-state index is -0.455. The summed E-state index contributed by atoms with van der Waals surface area (Å²) in [5.41, 5.74) is -0.400. The van der Waals surface area contributed by atoms with Crippen molar-refractivity contribution in [2.45, 2.75) is 95.5 Å². The number of rotatable bonds is 5. The van der Waals surface area contributed by atoms with Crippen LogP contribution in [0.15, 0.2) is 4.99 Å². The van der Waals surface area contributed by atoms with E-state index in [4.69, 9.17) is 14.5 Å². The molecule has 2 atom stereocenters. The average Bonchev–Trinajstić information content (AvgIpc) is 2.97. The minimum Gasteiger partial charge on any atom is -0.444 e. The highest BCUT2D eigenvalue weighted by atomic mass is 127. The zero-order chi connectivity index (χ0) is 22.6. The number of fused-ring (bicyclic) bond motifs is 2. The summed E-state index contributed by atoms with van der Waals surface area (Å²) in [5, 5.41) is 7.10. The van der Waals surface area contributed by atoms with Crippen LogP contribution in [0.2, 0.25) is 0 Å². The quantitative estimate of drug-likeness (QED) is 0.303. The van der Waals surface area contributed by atoms with Gasteiger partial charge in [0.25, 0.3) is 0 Å². The molecule has 0 radical (unpaired) electrons. The molecule has 0 aromatic carbocycles. The summed E-state index contributed by atoms with van der Waals surface area (Å²) in [6, 6.07) is 0.814. The van der Waals surface area contributed by atoms with Crippen LogP contribution in [0.5, 0.6) is 0 Å². The van der Waals surface area contributed by atoms with Crippen LogP contribution in [0.3, 0.4) is 0 Å². The molecule has 0 spiro atoms. The van der Waals surface area contributed by atoms with E-state index in [0.717, 1.165) is 70.8 Å². The molecule has 8 nitrogen and oxygen atoms in total. The molecule has 186 valence electrons. The Balaban J connectivity index is 0.00000363. The van der Waals surface area contributed by atoms with Gasteiger partial charge in [0.15, 0.2) is 5.96 Å². The lowest BCUT2D eigenvalue weighted by Crippen LogP contribution is -2.55. The number of carbonyl (C=O) groups excluding carboxylic acids is 1. The van der Waals surface area contributed by atoms with E-state index >= 15 is 0 Å². The zero-order valence-corrected chi connectivity index (χ0v) is 23.1. The van der Waals surface area contributed by atoms with E-state index in [9.17, 15) is 4.79 Å². The number of hydrogen-bond acceptors (Lipinski definition) is 5. The number of likely N-dealkylation sites (N-methyl/N-ethyl adjacent to an activating group) is 1. The summed E-state index contributed by atoms with van der Waals surface area (Å²) in [7, 11) is 4.29. The summed E-state index contributed by atoms with van der Waals surface area (Å²) in [6.07, 6.45) is 5.83. The number of nitrogens with zero attached hydrogens (tertiary/aromatic N) is 3. The van der Waals surface area contributed by atoms with Crippen molar-refractivity contribution in [1.29, 1.82) is 0 Å². The Hall–Kier alpha value is -0.810. The van der Waals surface area contributed by atoms with Gasteiger partial charge in [0.1, 0.15) is 5.60 Å². The molecule has 2 N–H and O–H groups in total. The fourth-order valence-electron chi connectivity index (χ4n) is 5.15. The van der Waals surface area contributed by atoms with Gasteiger partial charge in [-0.15, -0.1) is 24.0 Å². The van der Waals surface area contributed by atoms with Gasteiger partial charge in [0.05, 0.1) is 6.54 Å². The van der Waals surface area contributed by atoms with Crippen molar-refractivity contribution in [2.75, 3.05) is 40.4 Å². The molecule has 1 amide bonds. The molecule has 3 saturated heterocycles. The molecule has 3 aliphatic rings. The Morgan fingerprint density at radius 1 is 1.19 bits per heavy atom. The van der Waals surface area contributed by atoms with Crippen LogP contribution in [-0.2, 0) is 9.47 Å². The average molecular weight is 566 g/mol. The van der Waals surface area contributed by atoms with Crippen molar-refractivity contribution in [3.8, 4) is 0 Å². The fourth-order valence-corrected chi connectivity index (χ4v) is 5.15. The zero-order valence-electron chi connectivity index (χ0n) is 20.8. The number of piperidine rings is 1. The van der Waals surface area contributed by atoms with Crippen LogP contribution in [0.4, 0.5) is 4.79 Å². The molecule has 2 bridgehead atoms. The maximum absolute atomic E-state index is 12.7. The second kappa shape index (κ2) is 11.6. The second-order valence-corrected chi connectivity index (χ2v) is 10.5. The minimum absolute atomic E-state index is 0. The third-order valence-corrected chi connectivity index (χ3v) is 6.93. The van der Waals surface area contributed by atoms with E-state index < -0.39 is 5.60 Å². The van der Waals surface area contributed by atoms with Gasteiger partial charge in [-0.2, -0.15) is 0 Å². The first-order valence-corrected chi connectivity index (χ1v) is 11.9. The van der Waals surface area contributed by atoms with Gasteiger partial charge >= 0.3 is 6.09 Å². The summed E-state index contributed by atoms with van der Waals surface area (Å²) >= 11 is 0. The number of aliphatic imine (C=N–C) groups is 1. The number of ether oxygens (including phenoxy) is 2. The lowest BCUT2D eigenvalue weighted by atomic mass is 9.89. The van der Waals surface area contributed by atoms with Crippen LogP contribution < -0.4 is 10.6 Å². The van der Waals surface area contributed by atoms with Crippen molar-refractivity contribution in [1.82, 2.24) is 20.4 Å². The standard InChI is InChI=1S/C23H43N5O3.HI/c1-7-24-20(25-16-23(27(5)6)10-12-30-13-11-23)26-17-14-18-8-9-19(15-17)28(18)21(29)31-22(2,3)4;/h17-19H,7-16H2,1-6H3,(H2,24,25,26);1H. The van der Waals surface area contributed by atoms with Gasteiger partial charge in [-0.05, 0) is 80.3 Å². The lowest BCUT2D eigenvalue weighted by molar-refractivity contribution is -0.00266. The molecule has 0 aromatic heterocycles. The van der Waals surface area contributed by atoms with E-state index in [2.05, 4.69) is 36.6 Å². The highest BCUT2D eigenvalue weighted by Gasteiger charge is 2.45. The lowest BCUT2D eigenvalue weighted by Gasteiger charge is -2.42. The third-order valence-electron chi connectivity index (χ3n) is 6.93. The highest BCUT2D eigenvalue weighted by Crippen LogP contribution is 2.37. The van der Waals surface area contributed by atoms with Gasteiger partial charge in [0.2, 0.25) is 0 Å². The van der Waals surface area contributed by atoms with E-state index in [1.807, 2.05) is 25.7 Å². The first-order valence-electron chi connectivity index (χ1n) is 11.9. The third kappa shape index (κ3) is 6.85. The van der Waals surface area contributed by atoms with Crippen molar-refractivity contribution in [3.05, 3.63) is 0 Å². The number of halogens is 1. The van der Waals surface area contributed by atoms with Crippen LogP contribution >= 0.6 is 24.0 Å². The number of amides is 1. The Morgan fingerprint density at radius 3 is 2.28 bits per heavy atom. The predicted octanol–water partition coefficient (Wildman–Crippen LogP) is 3.20. The number of nitrogens with one attached hydrogen (secondary N) is 2. The van der Waals surface area contributed by atoms with Crippen LogP contribution in [0.25, 0.3) is 0 Å². The molecule has 0 aromatic rings. The predicted molar refractivity (Wildman–Crippen MR) is 139 cm³/mol. The Kier molecular flexibility index (Phi) is 9.90. The molecule has 3 fully saturated rings. The molecule has 0 saturated carbocycles. The van der Waals surface area contributed by atoms with Gasteiger partial charge in [-0.25, -0.2) is 4.79 Å². The topological polar surface area (TPSA) is 78.4 Å². The monoisotopic (exact) mass is 565 g/mol. The molecule has 3 aliphatic heterocycles. The number of hydrogen-bond donors (Lipinski definition) is 2. The molecular weight excluding hydrogens is 521 g/mol. The Morgan fingerprint density at radius 2 is 1.78 bits per heavy atom. The van der Waals surface area contributed by atoms with Crippen molar-refractivity contribution >= 4 is 36.0 Å². The molecule has 3 heterocycles. The maximum atomic E-state index is 12.7. The summed E-state index contributed by atoms with van der Waals surface area (Å²) in [4.78, 5) is 22.0.